The van der Waals surface area contributed by atoms with Gasteiger partial charge in [-0.15, -0.1) is 0 Å². The Morgan fingerprint density at radius 1 is 1.35 bits per heavy atom. The zero-order chi connectivity index (χ0) is 12.3. The Labute approximate surface area is 107 Å². The highest BCUT2D eigenvalue weighted by Crippen LogP contribution is 2.22. The largest absolute Gasteiger partial charge is 0.330 e. The molecule has 0 bridgehead atoms. The van der Waals surface area contributed by atoms with Crippen molar-refractivity contribution in [2.24, 2.45) is 11.7 Å². The number of hydrogen-bond acceptors (Lipinski definition) is 2. The minimum absolute atomic E-state index is 0.208. The average Bonchev–Trinajstić information content (AvgIpc) is 2.36. The second kappa shape index (κ2) is 5.80. The van der Waals surface area contributed by atoms with Crippen LogP contribution < -0.4 is 5.73 Å². The van der Waals surface area contributed by atoms with Gasteiger partial charge >= 0.3 is 0 Å². The van der Waals surface area contributed by atoms with Crippen LogP contribution in [0.15, 0.2) is 18.2 Å². The highest BCUT2D eigenvalue weighted by Gasteiger charge is 2.19. The van der Waals surface area contributed by atoms with E-state index >= 15 is 0 Å². The molecule has 0 aromatic heterocycles. The monoisotopic (exact) mass is 256 g/mol. The number of likely N-dealkylation sites (tertiary alicyclic amines) is 1. The molecule has 1 aromatic rings. The first-order valence-electron chi connectivity index (χ1n) is 6.06. The zero-order valence-corrected chi connectivity index (χ0v) is 10.6. The van der Waals surface area contributed by atoms with E-state index < -0.39 is 0 Å². The Kier molecular flexibility index (Phi) is 4.37. The molecule has 2 nitrogen and oxygen atoms in total. The first kappa shape index (κ1) is 12.8. The van der Waals surface area contributed by atoms with Gasteiger partial charge in [-0.05, 0) is 44.5 Å². The molecule has 1 aliphatic rings. The van der Waals surface area contributed by atoms with Crippen LogP contribution in [-0.2, 0) is 6.54 Å². The van der Waals surface area contributed by atoms with Crippen molar-refractivity contribution in [2.45, 2.75) is 19.4 Å². The molecule has 0 saturated carbocycles. The second-order valence-electron chi connectivity index (χ2n) is 4.67. The van der Waals surface area contributed by atoms with Crippen molar-refractivity contribution < 1.29 is 4.39 Å². The Bertz CT molecular complexity index is 376. The Morgan fingerprint density at radius 2 is 2.06 bits per heavy atom. The third-order valence-electron chi connectivity index (χ3n) is 3.47. The van der Waals surface area contributed by atoms with Crippen LogP contribution in [-0.4, -0.2) is 24.5 Å². The lowest BCUT2D eigenvalue weighted by Crippen LogP contribution is -2.35. The summed E-state index contributed by atoms with van der Waals surface area (Å²) in [6.45, 7) is 3.39. The molecule has 4 heteroatoms. The topological polar surface area (TPSA) is 29.3 Å². The number of piperidine rings is 1. The second-order valence-corrected chi connectivity index (χ2v) is 5.08. The van der Waals surface area contributed by atoms with Crippen LogP contribution in [0, 0.1) is 11.7 Å². The summed E-state index contributed by atoms with van der Waals surface area (Å²) < 4.78 is 13.7. The molecular formula is C13H18ClFN2. The number of nitrogens with zero attached hydrogens (tertiary/aromatic N) is 1. The van der Waals surface area contributed by atoms with Crippen molar-refractivity contribution in [2.75, 3.05) is 19.6 Å². The maximum Gasteiger partial charge on any atom is 0.146 e. The quantitative estimate of drug-likeness (QED) is 0.901. The molecule has 0 aliphatic carbocycles. The van der Waals surface area contributed by atoms with Gasteiger partial charge in [-0.3, -0.25) is 4.90 Å². The Morgan fingerprint density at radius 3 is 2.71 bits per heavy atom. The number of rotatable bonds is 3. The molecule has 0 unspecified atom stereocenters. The Balaban J connectivity index is 1.95. The van der Waals surface area contributed by atoms with Crippen LogP contribution in [0.1, 0.15) is 18.4 Å². The van der Waals surface area contributed by atoms with Gasteiger partial charge in [0, 0.05) is 12.1 Å². The first-order chi connectivity index (χ1) is 8.20. The van der Waals surface area contributed by atoms with Crippen LogP contribution in [0.2, 0.25) is 5.02 Å². The van der Waals surface area contributed by atoms with E-state index in [1.165, 1.54) is 0 Å². The van der Waals surface area contributed by atoms with Crippen molar-refractivity contribution in [3.63, 3.8) is 0 Å². The summed E-state index contributed by atoms with van der Waals surface area (Å²) in [4.78, 5) is 2.26. The van der Waals surface area contributed by atoms with Crippen LogP contribution in [0.5, 0.6) is 0 Å². The molecule has 0 amide bonds. The van der Waals surface area contributed by atoms with Crippen molar-refractivity contribution >= 4 is 11.6 Å². The highest BCUT2D eigenvalue weighted by molar-refractivity contribution is 6.30. The smallest absolute Gasteiger partial charge is 0.146 e. The molecule has 0 radical (unpaired) electrons. The van der Waals surface area contributed by atoms with Gasteiger partial charge in [0.05, 0.1) is 5.02 Å². The van der Waals surface area contributed by atoms with E-state index in [2.05, 4.69) is 4.90 Å². The van der Waals surface area contributed by atoms with Gasteiger partial charge in [-0.25, -0.2) is 4.39 Å². The molecule has 1 aromatic carbocycles. The fraction of sp³-hybridized carbons (Fsp3) is 0.538. The highest BCUT2D eigenvalue weighted by atomic mass is 35.5. The third kappa shape index (κ3) is 3.18. The minimum Gasteiger partial charge on any atom is -0.330 e. The van der Waals surface area contributed by atoms with Gasteiger partial charge in [-0.1, -0.05) is 23.7 Å². The van der Waals surface area contributed by atoms with Crippen molar-refractivity contribution in [1.29, 1.82) is 0 Å². The van der Waals surface area contributed by atoms with Crippen LogP contribution in [0.25, 0.3) is 0 Å². The van der Waals surface area contributed by atoms with Gasteiger partial charge in [0.2, 0.25) is 0 Å². The molecule has 94 valence electrons. The summed E-state index contributed by atoms with van der Waals surface area (Å²) in [6.07, 6.45) is 2.22. The molecule has 2 rings (SSSR count). The standard InChI is InChI=1S/C13H18ClFN2/c14-12-3-1-2-11(13(12)15)9-17-6-4-10(8-16)5-7-17/h1-3,10H,4-9,16H2. The number of nitrogens with two attached hydrogens (primary N) is 1. The molecule has 0 atom stereocenters. The van der Waals surface area contributed by atoms with E-state index in [0.29, 0.717) is 18.0 Å². The molecule has 1 saturated heterocycles. The SMILES string of the molecule is NCC1CCN(Cc2cccc(Cl)c2F)CC1. The van der Waals surface area contributed by atoms with Crippen molar-refractivity contribution in [3.8, 4) is 0 Å². The first-order valence-corrected chi connectivity index (χ1v) is 6.44. The molecule has 17 heavy (non-hydrogen) atoms. The predicted molar refractivity (Wildman–Crippen MR) is 68.5 cm³/mol. The maximum atomic E-state index is 13.7. The van der Waals surface area contributed by atoms with E-state index in [9.17, 15) is 4.39 Å². The van der Waals surface area contributed by atoms with Gasteiger partial charge < -0.3 is 5.73 Å². The van der Waals surface area contributed by atoms with Crippen LogP contribution in [0.4, 0.5) is 4.39 Å². The lowest BCUT2D eigenvalue weighted by Gasteiger charge is -2.31. The van der Waals surface area contributed by atoms with E-state index in [4.69, 9.17) is 17.3 Å². The summed E-state index contributed by atoms with van der Waals surface area (Å²) in [5.74, 6) is 0.352. The number of halogens is 2. The van der Waals surface area contributed by atoms with E-state index in [1.54, 1.807) is 18.2 Å². The predicted octanol–water partition coefficient (Wildman–Crippen LogP) is 2.65. The maximum absolute atomic E-state index is 13.7. The number of hydrogen-bond donors (Lipinski definition) is 1. The summed E-state index contributed by atoms with van der Waals surface area (Å²) in [7, 11) is 0. The fourth-order valence-corrected chi connectivity index (χ4v) is 2.49. The van der Waals surface area contributed by atoms with Crippen LogP contribution in [0.3, 0.4) is 0 Å². The van der Waals surface area contributed by atoms with Crippen molar-refractivity contribution in [1.82, 2.24) is 4.90 Å². The lowest BCUT2D eigenvalue weighted by molar-refractivity contribution is 0.178. The summed E-state index contributed by atoms with van der Waals surface area (Å²) >= 11 is 5.77. The van der Waals surface area contributed by atoms with Gasteiger partial charge in [0.1, 0.15) is 5.82 Å². The third-order valence-corrected chi connectivity index (χ3v) is 3.76. The van der Waals surface area contributed by atoms with Crippen LogP contribution >= 0.6 is 11.6 Å². The molecule has 1 fully saturated rings. The fourth-order valence-electron chi connectivity index (χ4n) is 2.29. The lowest BCUT2D eigenvalue weighted by atomic mass is 9.97. The normalized spacial score (nSPS) is 18.5. The van der Waals surface area contributed by atoms with Gasteiger partial charge in [-0.2, -0.15) is 0 Å². The van der Waals surface area contributed by atoms with E-state index in [1.807, 2.05) is 0 Å². The average molecular weight is 257 g/mol. The number of benzene rings is 1. The van der Waals surface area contributed by atoms with E-state index in [-0.39, 0.29) is 10.8 Å². The van der Waals surface area contributed by atoms with Crippen molar-refractivity contribution in [3.05, 3.63) is 34.6 Å². The summed E-state index contributed by atoms with van der Waals surface area (Å²) in [6, 6.07) is 5.19. The van der Waals surface area contributed by atoms with E-state index in [0.717, 1.165) is 32.5 Å². The van der Waals surface area contributed by atoms with Gasteiger partial charge in [0.15, 0.2) is 0 Å². The molecule has 1 aliphatic heterocycles. The summed E-state index contributed by atoms with van der Waals surface area (Å²) in [5.41, 5.74) is 6.33. The molecule has 1 heterocycles. The molecule has 2 N–H and O–H groups in total. The molecular weight excluding hydrogens is 239 g/mol. The van der Waals surface area contributed by atoms with Gasteiger partial charge in [0.25, 0.3) is 0 Å². The molecule has 0 spiro atoms. The summed E-state index contributed by atoms with van der Waals surface area (Å²) in [5, 5.41) is 0.208. The zero-order valence-electron chi connectivity index (χ0n) is 9.83. The minimum atomic E-state index is -0.282. The Hall–Kier alpha value is -0.640.